The lowest BCUT2D eigenvalue weighted by molar-refractivity contribution is 0.0995. The highest BCUT2D eigenvalue weighted by Crippen LogP contribution is 2.26. The number of anilines is 1. The zero-order chi connectivity index (χ0) is 14.4. The first-order valence-corrected chi connectivity index (χ1v) is 6.31. The second-order valence-electron chi connectivity index (χ2n) is 4.15. The van der Waals surface area contributed by atoms with E-state index >= 15 is 0 Å². The molecule has 0 spiro atoms. The lowest BCUT2D eigenvalue weighted by Crippen LogP contribution is -2.12. The van der Waals surface area contributed by atoms with Crippen LogP contribution in [-0.4, -0.2) is 18.8 Å². The van der Waals surface area contributed by atoms with E-state index in [9.17, 15) is 9.59 Å². The predicted molar refractivity (Wildman–Crippen MR) is 74.3 cm³/mol. The summed E-state index contributed by atoms with van der Waals surface area (Å²) in [6.45, 7) is 2.52. The summed E-state index contributed by atoms with van der Waals surface area (Å²) >= 11 is 0. The summed E-state index contributed by atoms with van der Waals surface area (Å²) in [5.74, 6) is 0.333. The van der Waals surface area contributed by atoms with Crippen molar-refractivity contribution < 1.29 is 18.7 Å². The van der Waals surface area contributed by atoms with Gasteiger partial charge in [0.2, 0.25) is 0 Å². The van der Waals surface area contributed by atoms with Crippen molar-refractivity contribution in [2.24, 2.45) is 0 Å². The van der Waals surface area contributed by atoms with E-state index in [2.05, 4.69) is 5.32 Å². The van der Waals surface area contributed by atoms with E-state index in [-0.39, 0.29) is 11.7 Å². The molecule has 0 bridgehead atoms. The Bertz CT molecular complexity index is 590. The number of furan rings is 1. The van der Waals surface area contributed by atoms with Gasteiger partial charge in [0.1, 0.15) is 12.0 Å². The van der Waals surface area contributed by atoms with Gasteiger partial charge in [-0.1, -0.05) is 6.92 Å². The van der Waals surface area contributed by atoms with Gasteiger partial charge in [-0.05, 0) is 36.8 Å². The Hall–Kier alpha value is -2.56. The van der Waals surface area contributed by atoms with Gasteiger partial charge >= 0.3 is 0 Å². The average molecular weight is 273 g/mol. The Morgan fingerprint density at radius 2 is 2.25 bits per heavy atom. The molecule has 1 N–H and O–H groups in total. The monoisotopic (exact) mass is 273 g/mol. The van der Waals surface area contributed by atoms with E-state index < -0.39 is 0 Å². The van der Waals surface area contributed by atoms with Crippen LogP contribution in [0.2, 0.25) is 0 Å². The standard InChI is InChI=1S/C15H15NO4/c1-2-7-19-13-6-5-11(10-17)9-12(13)16-15(18)14-4-3-8-20-14/h3-6,8-10H,2,7H2,1H3,(H,16,18). The molecule has 0 radical (unpaired) electrons. The summed E-state index contributed by atoms with van der Waals surface area (Å²) < 4.78 is 10.6. The van der Waals surface area contributed by atoms with E-state index in [0.717, 1.165) is 6.42 Å². The molecule has 104 valence electrons. The van der Waals surface area contributed by atoms with Gasteiger partial charge in [0, 0.05) is 5.56 Å². The molecule has 2 aromatic rings. The fourth-order valence-electron chi connectivity index (χ4n) is 1.65. The van der Waals surface area contributed by atoms with Crippen LogP contribution in [0.3, 0.4) is 0 Å². The normalized spacial score (nSPS) is 10.1. The first-order chi connectivity index (χ1) is 9.74. The van der Waals surface area contributed by atoms with Crippen molar-refractivity contribution in [3.05, 3.63) is 47.9 Å². The zero-order valence-corrected chi connectivity index (χ0v) is 11.1. The molecule has 20 heavy (non-hydrogen) atoms. The summed E-state index contributed by atoms with van der Waals surface area (Å²) in [5, 5.41) is 2.68. The van der Waals surface area contributed by atoms with Gasteiger partial charge in [0.15, 0.2) is 5.76 Å². The van der Waals surface area contributed by atoms with Gasteiger partial charge in [0.05, 0.1) is 18.6 Å². The van der Waals surface area contributed by atoms with Crippen LogP contribution >= 0.6 is 0 Å². The Morgan fingerprint density at radius 3 is 2.90 bits per heavy atom. The minimum atomic E-state index is -0.389. The van der Waals surface area contributed by atoms with Gasteiger partial charge in [-0.15, -0.1) is 0 Å². The highest BCUT2D eigenvalue weighted by atomic mass is 16.5. The lowest BCUT2D eigenvalue weighted by atomic mass is 10.2. The Labute approximate surface area is 116 Å². The maximum atomic E-state index is 12.0. The van der Waals surface area contributed by atoms with Crippen molar-refractivity contribution in [1.29, 1.82) is 0 Å². The maximum absolute atomic E-state index is 12.0. The molecule has 0 aliphatic rings. The number of hydrogen-bond donors (Lipinski definition) is 1. The Kier molecular flexibility index (Phi) is 4.55. The van der Waals surface area contributed by atoms with Crippen molar-refractivity contribution in [3.8, 4) is 5.75 Å². The molecule has 1 aromatic carbocycles. The summed E-state index contributed by atoms with van der Waals surface area (Å²) in [6, 6.07) is 8.06. The summed E-state index contributed by atoms with van der Waals surface area (Å²) in [5.41, 5.74) is 0.910. The molecule has 0 fully saturated rings. The zero-order valence-electron chi connectivity index (χ0n) is 11.1. The number of nitrogens with one attached hydrogen (secondary N) is 1. The molecule has 0 saturated carbocycles. The molecule has 1 heterocycles. The highest BCUT2D eigenvalue weighted by molar-refractivity contribution is 6.03. The predicted octanol–water partition coefficient (Wildman–Crippen LogP) is 3.13. The fraction of sp³-hybridized carbons (Fsp3) is 0.200. The third-order valence-corrected chi connectivity index (χ3v) is 2.59. The van der Waals surface area contributed by atoms with Crippen LogP contribution in [-0.2, 0) is 0 Å². The molecule has 0 atom stereocenters. The number of rotatable bonds is 6. The molecule has 5 nitrogen and oxygen atoms in total. The Balaban J connectivity index is 2.23. The third kappa shape index (κ3) is 3.26. The molecule has 1 amide bonds. The quantitative estimate of drug-likeness (QED) is 0.821. The highest BCUT2D eigenvalue weighted by Gasteiger charge is 2.12. The number of aldehydes is 1. The molecule has 0 aliphatic heterocycles. The SMILES string of the molecule is CCCOc1ccc(C=O)cc1NC(=O)c1ccco1. The van der Waals surface area contributed by atoms with E-state index in [1.54, 1.807) is 30.3 Å². The van der Waals surface area contributed by atoms with E-state index in [0.29, 0.717) is 29.9 Å². The summed E-state index contributed by atoms with van der Waals surface area (Å²) in [7, 11) is 0. The number of amides is 1. The molecule has 0 unspecified atom stereocenters. The largest absolute Gasteiger partial charge is 0.491 e. The van der Waals surface area contributed by atoms with Gasteiger partial charge < -0.3 is 14.5 Å². The van der Waals surface area contributed by atoms with Gasteiger partial charge in [0.25, 0.3) is 5.91 Å². The average Bonchev–Trinajstić information content (AvgIpc) is 3.00. The van der Waals surface area contributed by atoms with Crippen molar-refractivity contribution >= 4 is 17.9 Å². The second-order valence-corrected chi connectivity index (χ2v) is 4.15. The first kappa shape index (κ1) is 13.9. The summed E-state index contributed by atoms with van der Waals surface area (Å²) in [6.07, 6.45) is 2.98. The molecular formula is C15H15NO4. The van der Waals surface area contributed by atoms with Crippen LogP contribution in [0.5, 0.6) is 5.75 Å². The van der Waals surface area contributed by atoms with Gasteiger partial charge in [-0.3, -0.25) is 9.59 Å². The molecule has 0 saturated heterocycles. The molecule has 0 aliphatic carbocycles. The van der Waals surface area contributed by atoms with Crippen molar-refractivity contribution in [2.45, 2.75) is 13.3 Å². The number of carbonyl (C=O) groups excluding carboxylic acids is 2. The third-order valence-electron chi connectivity index (χ3n) is 2.59. The number of benzene rings is 1. The first-order valence-electron chi connectivity index (χ1n) is 6.31. The summed E-state index contributed by atoms with van der Waals surface area (Å²) in [4.78, 5) is 22.8. The van der Waals surface area contributed by atoms with Crippen LogP contribution in [0.1, 0.15) is 34.3 Å². The lowest BCUT2D eigenvalue weighted by Gasteiger charge is -2.12. The maximum Gasteiger partial charge on any atom is 0.291 e. The van der Waals surface area contributed by atoms with E-state index in [4.69, 9.17) is 9.15 Å². The molecule has 5 heteroatoms. The van der Waals surface area contributed by atoms with Crippen molar-refractivity contribution in [1.82, 2.24) is 0 Å². The van der Waals surface area contributed by atoms with Crippen LogP contribution in [0.25, 0.3) is 0 Å². The topological polar surface area (TPSA) is 68.5 Å². The van der Waals surface area contributed by atoms with Crippen LogP contribution in [0, 0.1) is 0 Å². The van der Waals surface area contributed by atoms with Crippen molar-refractivity contribution in [3.63, 3.8) is 0 Å². The fourth-order valence-corrected chi connectivity index (χ4v) is 1.65. The minimum absolute atomic E-state index is 0.197. The van der Waals surface area contributed by atoms with Gasteiger partial charge in [-0.2, -0.15) is 0 Å². The van der Waals surface area contributed by atoms with Crippen molar-refractivity contribution in [2.75, 3.05) is 11.9 Å². The van der Waals surface area contributed by atoms with Crippen LogP contribution in [0.15, 0.2) is 41.0 Å². The van der Waals surface area contributed by atoms with Gasteiger partial charge in [-0.25, -0.2) is 0 Å². The Morgan fingerprint density at radius 1 is 1.40 bits per heavy atom. The van der Waals surface area contributed by atoms with Crippen LogP contribution in [0.4, 0.5) is 5.69 Å². The van der Waals surface area contributed by atoms with E-state index in [1.165, 1.54) is 6.26 Å². The number of ether oxygens (including phenoxy) is 1. The number of carbonyl (C=O) groups is 2. The van der Waals surface area contributed by atoms with Crippen LogP contribution < -0.4 is 10.1 Å². The van der Waals surface area contributed by atoms with E-state index in [1.807, 2.05) is 6.92 Å². The minimum Gasteiger partial charge on any atom is -0.491 e. The number of hydrogen-bond acceptors (Lipinski definition) is 4. The second kappa shape index (κ2) is 6.56. The molecule has 2 rings (SSSR count). The molecule has 1 aromatic heterocycles. The molecular weight excluding hydrogens is 258 g/mol. The smallest absolute Gasteiger partial charge is 0.291 e.